The number of nitrogens with one attached hydrogen (secondary N) is 2. The quantitative estimate of drug-likeness (QED) is 0.170. The molecule has 0 radical (unpaired) electrons. The van der Waals surface area contributed by atoms with Crippen molar-refractivity contribution in [3.8, 4) is 5.75 Å². The Morgan fingerprint density at radius 1 is 0.938 bits per heavy atom. The normalized spacial score (nSPS) is 18.0. The smallest absolute Gasteiger partial charge is 0.253 e. The summed E-state index contributed by atoms with van der Waals surface area (Å²) in [7, 11) is 0. The zero-order valence-corrected chi connectivity index (χ0v) is 23.1. The van der Waals surface area contributed by atoms with Crippen LogP contribution in [-0.2, 0) is 9.47 Å². The number of ether oxygens (including phenoxy) is 3. The first-order chi connectivity index (χ1) is 15.2. The zero-order valence-electron chi connectivity index (χ0n) is 16.6. The van der Waals surface area contributed by atoms with Crippen molar-refractivity contribution in [1.29, 1.82) is 0 Å². The van der Waals surface area contributed by atoms with E-state index in [-0.39, 0.29) is 36.6 Å². The number of rotatable bonds is 10. The van der Waals surface area contributed by atoms with Gasteiger partial charge in [-0.3, -0.25) is 9.59 Å². The van der Waals surface area contributed by atoms with Crippen LogP contribution in [0.5, 0.6) is 5.75 Å². The van der Waals surface area contributed by atoms with Crippen LogP contribution in [0.3, 0.4) is 0 Å². The van der Waals surface area contributed by atoms with Gasteiger partial charge in [0.15, 0.2) is 5.75 Å². The Bertz CT molecular complexity index is 768. The first kappa shape index (κ1) is 28.1. The Morgan fingerprint density at radius 3 is 1.84 bits per heavy atom. The van der Waals surface area contributed by atoms with E-state index in [0.29, 0.717) is 23.9 Å². The molecule has 1 aliphatic heterocycles. The highest BCUT2D eigenvalue weighted by Crippen LogP contribution is 2.38. The van der Waals surface area contributed by atoms with Crippen LogP contribution in [0.15, 0.2) is 0 Å². The van der Waals surface area contributed by atoms with Gasteiger partial charge in [-0.25, -0.2) is 0 Å². The summed E-state index contributed by atoms with van der Waals surface area (Å²) < 4.78 is 18.0. The SMILES string of the molecule is O=C(NCC(O)CO)c1c(I)c(OC2COCCO2)c(I)c(C(=O)NCC(O)CO)c1I. The third kappa shape index (κ3) is 7.45. The molecule has 180 valence electrons. The van der Waals surface area contributed by atoms with Crippen LogP contribution < -0.4 is 15.4 Å². The summed E-state index contributed by atoms with van der Waals surface area (Å²) >= 11 is 5.76. The molecule has 1 fully saturated rings. The average Bonchev–Trinajstić information content (AvgIpc) is 2.79. The van der Waals surface area contributed by atoms with E-state index < -0.39 is 43.5 Å². The Balaban J connectivity index is 2.46. The topological polar surface area (TPSA) is 167 Å². The van der Waals surface area contributed by atoms with Crippen molar-refractivity contribution in [3.63, 3.8) is 0 Å². The standard InChI is InChI=1S/C18H23I3N2O9/c19-13-11(17(28)22-3-8(26)5-24)14(20)16(32-10-7-30-1-2-31-10)15(21)12(13)18(29)23-4-9(27)6-25/h8-10,24-27H,1-7H2,(H,22,28)(H,23,29). The third-order valence-corrected chi connectivity index (χ3v) is 7.32. The molecule has 0 aliphatic carbocycles. The number of carbonyl (C=O) groups excluding carboxylic acids is 2. The fraction of sp³-hybridized carbons (Fsp3) is 0.556. The third-order valence-electron chi connectivity index (χ3n) is 4.18. The van der Waals surface area contributed by atoms with Gasteiger partial charge in [0.25, 0.3) is 11.8 Å². The maximum atomic E-state index is 12.9. The van der Waals surface area contributed by atoms with E-state index in [1.165, 1.54) is 0 Å². The van der Waals surface area contributed by atoms with Gasteiger partial charge in [0.05, 0.1) is 56.9 Å². The number of amides is 2. The van der Waals surface area contributed by atoms with Gasteiger partial charge in [0, 0.05) is 16.7 Å². The molecule has 0 spiro atoms. The van der Waals surface area contributed by atoms with Crippen LogP contribution in [0.25, 0.3) is 0 Å². The number of benzene rings is 1. The van der Waals surface area contributed by atoms with Crippen molar-refractivity contribution in [2.24, 2.45) is 0 Å². The summed E-state index contributed by atoms with van der Waals surface area (Å²) in [5.74, 6) is -0.890. The second kappa shape index (κ2) is 13.7. The van der Waals surface area contributed by atoms with Crippen LogP contribution in [0.2, 0.25) is 0 Å². The highest BCUT2D eigenvalue weighted by Gasteiger charge is 2.31. The fourth-order valence-electron chi connectivity index (χ4n) is 2.54. The number of hydrogen-bond acceptors (Lipinski definition) is 9. The van der Waals surface area contributed by atoms with Gasteiger partial charge < -0.3 is 45.3 Å². The lowest BCUT2D eigenvalue weighted by molar-refractivity contribution is -0.171. The van der Waals surface area contributed by atoms with Crippen molar-refractivity contribution < 1.29 is 44.2 Å². The van der Waals surface area contributed by atoms with Crippen molar-refractivity contribution >= 4 is 79.6 Å². The van der Waals surface area contributed by atoms with Gasteiger partial charge in [0.1, 0.15) is 6.61 Å². The molecule has 1 aromatic carbocycles. The molecule has 1 heterocycles. The predicted octanol–water partition coefficient (Wildman–Crippen LogP) is -0.582. The lowest BCUT2D eigenvalue weighted by Crippen LogP contribution is -2.38. The first-order valence-corrected chi connectivity index (χ1v) is 12.7. The Morgan fingerprint density at radius 2 is 1.44 bits per heavy atom. The molecule has 0 aromatic heterocycles. The second-order valence-electron chi connectivity index (χ2n) is 6.61. The second-order valence-corrected chi connectivity index (χ2v) is 9.84. The molecule has 0 bridgehead atoms. The maximum Gasteiger partial charge on any atom is 0.253 e. The lowest BCUT2D eigenvalue weighted by Gasteiger charge is -2.26. The van der Waals surface area contributed by atoms with E-state index in [2.05, 4.69) is 10.6 Å². The molecule has 2 amide bonds. The maximum absolute atomic E-state index is 12.9. The number of aliphatic hydroxyl groups is 4. The Hall–Kier alpha value is -0.0900. The zero-order chi connectivity index (χ0) is 23.8. The summed E-state index contributed by atoms with van der Waals surface area (Å²) in [6, 6.07) is 0. The summed E-state index contributed by atoms with van der Waals surface area (Å²) in [6.45, 7) is -0.471. The van der Waals surface area contributed by atoms with E-state index in [9.17, 15) is 19.8 Å². The molecule has 1 aliphatic rings. The van der Waals surface area contributed by atoms with Gasteiger partial charge in [-0.15, -0.1) is 0 Å². The molecule has 32 heavy (non-hydrogen) atoms. The molecular formula is C18H23I3N2O9. The van der Waals surface area contributed by atoms with Crippen LogP contribution in [0.1, 0.15) is 20.7 Å². The summed E-state index contributed by atoms with van der Waals surface area (Å²) in [6.07, 6.45) is -3.00. The van der Waals surface area contributed by atoms with Crippen molar-refractivity contribution in [2.45, 2.75) is 18.5 Å². The highest BCUT2D eigenvalue weighted by molar-refractivity contribution is 14.1. The molecular weight excluding hydrogens is 769 g/mol. The molecule has 0 saturated carbocycles. The summed E-state index contributed by atoms with van der Waals surface area (Å²) in [5.41, 5.74) is 0.299. The highest BCUT2D eigenvalue weighted by atomic mass is 127. The minimum absolute atomic E-state index is 0.149. The predicted molar refractivity (Wildman–Crippen MR) is 137 cm³/mol. The largest absolute Gasteiger partial charge is 0.460 e. The molecule has 14 heteroatoms. The Kier molecular flexibility index (Phi) is 12.1. The van der Waals surface area contributed by atoms with Crippen LogP contribution in [0.4, 0.5) is 0 Å². The molecule has 1 aromatic rings. The fourth-order valence-corrected chi connectivity index (χ4v) is 6.94. The molecule has 3 unspecified atom stereocenters. The number of halogens is 3. The van der Waals surface area contributed by atoms with Gasteiger partial charge in [0.2, 0.25) is 6.29 Å². The van der Waals surface area contributed by atoms with E-state index >= 15 is 0 Å². The van der Waals surface area contributed by atoms with E-state index in [0.717, 1.165) is 0 Å². The van der Waals surface area contributed by atoms with Crippen molar-refractivity contribution in [3.05, 3.63) is 21.8 Å². The number of hydrogen-bond donors (Lipinski definition) is 6. The van der Waals surface area contributed by atoms with Gasteiger partial charge in [-0.1, -0.05) is 0 Å². The summed E-state index contributed by atoms with van der Waals surface area (Å²) in [5, 5.41) is 42.2. The monoisotopic (exact) mass is 792 g/mol. The minimum Gasteiger partial charge on any atom is -0.460 e. The minimum atomic E-state index is -1.13. The van der Waals surface area contributed by atoms with Crippen molar-refractivity contribution in [1.82, 2.24) is 10.6 Å². The first-order valence-electron chi connectivity index (χ1n) is 9.41. The van der Waals surface area contributed by atoms with E-state index in [1.807, 2.05) is 67.8 Å². The van der Waals surface area contributed by atoms with E-state index in [1.54, 1.807) is 0 Å². The van der Waals surface area contributed by atoms with Gasteiger partial charge >= 0.3 is 0 Å². The molecule has 2 rings (SSSR count). The van der Waals surface area contributed by atoms with Crippen LogP contribution in [0, 0.1) is 10.7 Å². The number of carbonyl (C=O) groups is 2. The van der Waals surface area contributed by atoms with Crippen molar-refractivity contribution in [2.75, 3.05) is 46.1 Å². The summed E-state index contributed by atoms with van der Waals surface area (Å²) in [4.78, 5) is 25.8. The number of aliphatic hydroxyl groups excluding tert-OH is 4. The lowest BCUT2D eigenvalue weighted by atomic mass is 10.1. The van der Waals surface area contributed by atoms with Crippen LogP contribution >= 0.6 is 67.8 Å². The van der Waals surface area contributed by atoms with Gasteiger partial charge in [-0.05, 0) is 67.8 Å². The van der Waals surface area contributed by atoms with E-state index in [4.69, 9.17) is 24.4 Å². The van der Waals surface area contributed by atoms with Gasteiger partial charge in [-0.2, -0.15) is 0 Å². The molecule has 1 saturated heterocycles. The average molecular weight is 792 g/mol. The Labute approximate surface area is 225 Å². The molecule has 6 N–H and O–H groups in total. The molecule has 11 nitrogen and oxygen atoms in total. The molecule has 3 atom stereocenters. The van der Waals surface area contributed by atoms with Crippen LogP contribution in [-0.4, -0.2) is 96.9 Å².